The molecular formula is C15H27ClN2O3. The molecule has 2 atom stereocenters. The van der Waals surface area contributed by atoms with Crippen LogP contribution >= 0.6 is 12.4 Å². The molecule has 1 N–H and O–H groups in total. The van der Waals surface area contributed by atoms with Gasteiger partial charge in [0, 0.05) is 13.1 Å². The predicted octanol–water partition coefficient (Wildman–Crippen LogP) is 1.74. The molecule has 2 fully saturated rings. The number of nitrogens with zero attached hydrogens (tertiary/aromatic N) is 1. The van der Waals surface area contributed by atoms with E-state index in [0.29, 0.717) is 13.2 Å². The van der Waals surface area contributed by atoms with Crippen LogP contribution in [0.25, 0.3) is 0 Å². The molecule has 2 aliphatic rings. The lowest BCUT2D eigenvalue weighted by Crippen LogP contribution is -2.57. The topological polar surface area (TPSA) is 58.6 Å². The third-order valence-corrected chi connectivity index (χ3v) is 4.59. The molecule has 0 saturated carbocycles. The van der Waals surface area contributed by atoms with Crippen LogP contribution in [0, 0.1) is 5.92 Å². The van der Waals surface area contributed by atoms with Crippen molar-refractivity contribution >= 4 is 24.3 Å². The third kappa shape index (κ3) is 3.89. The first kappa shape index (κ1) is 18.2. The standard InChI is InChI=1S/C15H26N2O3.ClH/c1-3-15(8-6-9-16-15)14(19)17-10-5-7-12(11-17)13(18)20-4-2;/h12,16H,3-11H2,1-2H3;1H. The second-order valence-electron chi connectivity index (χ2n) is 5.81. The Hall–Kier alpha value is -0.810. The highest BCUT2D eigenvalue weighted by Crippen LogP contribution is 2.28. The van der Waals surface area contributed by atoms with Crippen LogP contribution < -0.4 is 5.32 Å². The zero-order chi connectivity index (χ0) is 14.6. The number of carbonyl (C=O) groups excluding carboxylic acids is 2. The summed E-state index contributed by atoms with van der Waals surface area (Å²) in [7, 11) is 0. The maximum Gasteiger partial charge on any atom is 0.310 e. The van der Waals surface area contributed by atoms with Gasteiger partial charge in [0.05, 0.1) is 18.1 Å². The Morgan fingerprint density at radius 1 is 1.33 bits per heavy atom. The summed E-state index contributed by atoms with van der Waals surface area (Å²) in [5, 5.41) is 3.38. The Kier molecular flexibility index (Phi) is 6.94. The lowest BCUT2D eigenvalue weighted by molar-refractivity contribution is -0.152. The molecule has 5 nitrogen and oxygen atoms in total. The van der Waals surface area contributed by atoms with E-state index in [1.54, 1.807) is 0 Å². The van der Waals surface area contributed by atoms with Crippen molar-refractivity contribution in [2.45, 2.75) is 51.5 Å². The summed E-state index contributed by atoms with van der Waals surface area (Å²) < 4.78 is 5.09. The molecule has 0 radical (unpaired) electrons. The first-order chi connectivity index (χ1) is 9.63. The summed E-state index contributed by atoms with van der Waals surface area (Å²) in [6, 6.07) is 0. The molecule has 2 heterocycles. The van der Waals surface area contributed by atoms with Gasteiger partial charge in [-0.2, -0.15) is 0 Å². The number of rotatable bonds is 4. The van der Waals surface area contributed by atoms with Crippen LogP contribution in [0.4, 0.5) is 0 Å². The normalized spacial score (nSPS) is 28.9. The highest BCUT2D eigenvalue weighted by molar-refractivity contribution is 5.87. The van der Waals surface area contributed by atoms with Gasteiger partial charge in [-0.05, 0) is 45.6 Å². The summed E-state index contributed by atoms with van der Waals surface area (Å²) in [4.78, 5) is 26.5. The van der Waals surface area contributed by atoms with Gasteiger partial charge < -0.3 is 15.0 Å². The van der Waals surface area contributed by atoms with E-state index in [9.17, 15) is 9.59 Å². The van der Waals surface area contributed by atoms with Crippen LogP contribution in [-0.2, 0) is 14.3 Å². The zero-order valence-electron chi connectivity index (χ0n) is 13.0. The highest BCUT2D eigenvalue weighted by Gasteiger charge is 2.43. The number of piperidine rings is 1. The maximum absolute atomic E-state index is 12.8. The number of hydrogen-bond acceptors (Lipinski definition) is 4. The summed E-state index contributed by atoms with van der Waals surface area (Å²) in [5.74, 6) is -0.135. The number of amides is 1. The van der Waals surface area contributed by atoms with Crippen molar-refractivity contribution in [1.29, 1.82) is 0 Å². The summed E-state index contributed by atoms with van der Waals surface area (Å²) in [6.07, 6.45) is 4.48. The minimum Gasteiger partial charge on any atom is -0.466 e. The van der Waals surface area contributed by atoms with Gasteiger partial charge >= 0.3 is 5.97 Å². The molecule has 2 unspecified atom stereocenters. The Morgan fingerprint density at radius 2 is 2.10 bits per heavy atom. The number of nitrogens with one attached hydrogen (secondary N) is 1. The van der Waals surface area contributed by atoms with Gasteiger partial charge in [-0.3, -0.25) is 9.59 Å². The van der Waals surface area contributed by atoms with Gasteiger partial charge in [-0.25, -0.2) is 0 Å². The van der Waals surface area contributed by atoms with Gasteiger partial charge in [0.15, 0.2) is 0 Å². The summed E-state index contributed by atoms with van der Waals surface area (Å²) in [5.41, 5.74) is -0.392. The van der Waals surface area contributed by atoms with Crippen molar-refractivity contribution < 1.29 is 14.3 Å². The van der Waals surface area contributed by atoms with Crippen LogP contribution in [0.1, 0.15) is 46.0 Å². The Bertz CT molecular complexity index is 370. The molecule has 2 rings (SSSR count). The van der Waals surface area contributed by atoms with Crippen molar-refractivity contribution in [1.82, 2.24) is 10.2 Å². The largest absolute Gasteiger partial charge is 0.466 e. The van der Waals surface area contributed by atoms with E-state index in [-0.39, 0.29) is 30.2 Å². The number of esters is 1. The predicted molar refractivity (Wildman–Crippen MR) is 83.4 cm³/mol. The number of ether oxygens (including phenoxy) is 1. The Labute approximate surface area is 133 Å². The van der Waals surface area contributed by atoms with Crippen LogP contribution in [0.3, 0.4) is 0 Å². The van der Waals surface area contributed by atoms with Crippen molar-refractivity contribution in [3.63, 3.8) is 0 Å². The number of halogens is 1. The van der Waals surface area contributed by atoms with Crippen LogP contribution in [0.2, 0.25) is 0 Å². The average molecular weight is 319 g/mol. The molecule has 2 saturated heterocycles. The van der Waals surface area contributed by atoms with E-state index in [2.05, 4.69) is 12.2 Å². The van der Waals surface area contributed by atoms with Gasteiger partial charge in [0.25, 0.3) is 0 Å². The molecule has 0 bridgehead atoms. The molecule has 0 aromatic heterocycles. The fourth-order valence-electron chi connectivity index (χ4n) is 3.36. The van der Waals surface area contributed by atoms with Crippen LogP contribution in [0.5, 0.6) is 0 Å². The third-order valence-electron chi connectivity index (χ3n) is 4.59. The first-order valence-electron chi connectivity index (χ1n) is 7.84. The lowest BCUT2D eigenvalue weighted by atomic mass is 9.90. The minimum absolute atomic E-state index is 0. The molecule has 0 aromatic rings. The van der Waals surface area contributed by atoms with Gasteiger partial charge in [-0.15, -0.1) is 12.4 Å². The van der Waals surface area contributed by atoms with Crippen molar-refractivity contribution in [3.8, 4) is 0 Å². The summed E-state index contributed by atoms with van der Waals surface area (Å²) in [6.45, 7) is 6.47. The fourth-order valence-corrected chi connectivity index (χ4v) is 3.36. The minimum atomic E-state index is -0.392. The van der Waals surface area contributed by atoms with E-state index in [1.165, 1.54) is 0 Å². The van der Waals surface area contributed by atoms with E-state index in [0.717, 1.165) is 45.2 Å². The van der Waals surface area contributed by atoms with Gasteiger partial charge in [0.2, 0.25) is 5.91 Å². The first-order valence-corrected chi connectivity index (χ1v) is 7.84. The van der Waals surface area contributed by atoms with Crippen molar-refractivity contribution in [2.75, 3.05) is 26.2 Å². The fraction of sp³-hybridized carbons (Fsp3) is 0.867. The molecule has 0 spiro atoms. The van der Waals surface area contributed by atoms with Crippen molar-refractivity contribution in [2.24, 2.45) is 5.92 Å². The number of hydrogen-bond donors (Lipinski definition) is 1. The van der Waals surface area contributed by atoms with Crippen LogP contribution in [0.15, 0.2) is 0 Å². The molecule has 1 amide bonds. The SMILES string of the molecule is CCOC(=O)C1CCCN(C(=O)C2(CC)CCCN2)C1.Cl. The van der Waals surface area contributed by atoms with E-state index in [1.807, 2.05) is 11.8 Å². The highest BCUT2D eigenvalue weighted by atomic mass is 35.5. The number of likely N-dealkylation sites (tertiary alicyclic amines) is 1. The molecule has 0 aromatic carbocycles. The smallest absolute Gasteiger partial charge is 0.310 e. The Balaban J connectivity index is 0.00000220. The van der Waals surface area contributed by atoms with Gasteiger partial charge in [0.1, 0.15) is 0 Å². The second-order valence-corrected chi connectivity index (χ2v) is 5.81. The molecule has 122 valence electrons. The average Bonchev–Trinajstić information content (AvgIpc) is 2.97. The lowest BCUT2D eigenvalue weighted by Gasteiger charge is -2.38. The van der Waals surface area contributed by atoms with E-state index >= 15 is 0 Å². The second kappa shape index (κ2) is 7.99. The number of carbonyl (C=O) groups is 2. The van der Waals surface area contributed by atoms with Crippen molar-refractivity contribution in [3.05, 3.63) is 0 Å². The van der Waals surface area contributed by atoms with E-state index in [4.69, 9.17) is 4.74 Å². The summed E-state index contributed by atoms with van der Waals surface area (Å²) >= 11 is 0. The van der Waals surface area contributed by atoms with E-state index < -0.39 is 5.54 Å². The van der Waals surface area contributed by atoms with Gasteiger partial charge in [-0.1, -0.05) is 6.92 Å². The quantitative estimate of drug-likeness (QED) is 0.802. The maximum atomic E-state index is 12.8. The Morgan fingerprint density at radius 3 is 2.67 bits per heavy atom. The molecule has 6 heteroatoms. The molecular weight excluding hydrogens is 292 g/mol. The molecule has 21 heavy (non-hydrogen) atoms. The van der Waals surface area contributed by atoms with Crippen LogP contribution in [-0.4, -0.2) is 48.6 Å². The zero-order valence-corrected chi connectivity index (χ0v) is 13.8. The molecule has 0 aliphatic carbocycles. The molecule has 2 aliphatic heterocycles. The monoisotopic (exact) mass is 318 g/mol.